The van der Waals surface area contributed by atoms with Gasteiger partial charge in [0.05, 0.1) is 16.2 Å². The molecule has 1 saturated heterocycles. The summed E-state index contributed by atoms with van der Waals surface area (Å²) in [4.78, 5) is 3.19. The van der Waals surface area contributed by atoms with E-state index in [9.17, 15) is 10.2 Å². The molecule has 0 saturated carbocycles. The van der Waals surface area contributed by atoms with Crippen LogP contribution in [0.15, 0.2) is 71.6 Å². The van der Waals surface area contributed by atoms with Crippen LogP contribution in [0.4, 0.5) is 0 Å². The molecule has 5 nitrogen and oxygen atoms in total. The van der Waals surface area contributed by atoms with E-state index in [1.165, 1.54) is 0 Å². The second-order valence-electron chi connectivity index (χ2n) is 9.13. The number of aromatic hydroxyl groups is 2. The lowest BCUT2D eigenvalue weighted by Crippen LogP contribution is -2.34. The van der Waals surface area contributed by atoms with Gasteiger partial charge in [0, 0.05) is 6.54 Å². The zero-order valence-electron chi connectivity index (χ0n) is 19.6. The maximum Gasteiger partial charge on any atom is 0.140 e. The first kappa shape index (κ1) is 23.5. The molecule has 0 spiro atoms. The quantitative estimate of drug-likeness (QED) is 0.430. The summed E-state index contributed by atoms with van der Waals surface area (Å²) in [5.74, 6) is 5.40. The highest BCUT2D eigenvalue weighted by Gasteiger charge is 2.34. The van der Waals surface area contributed by atoms with E-state index in [4.69, 9.17) is 15.9 Å². The second-order valence-corrected chi connectivity index (χ2v) is 10.3. The van der Waals surface area contributed by atoms with E-state index in [1.54, 1.807) is 42.1 Å². The summed E-state index contributed by atoms with van der Waals surface area (Å²) in [6.07, 6.45) is 6.57. The predicted octanol–water partition coefficient (Wildman–Crippen LogP) is 5.79. The Hall–Kier alpha value is -3.27. The normalized spacial score (nSPS) is 23.8. The molecule has 2 aliphatic rings. The molecule has 2 heterocycles. The molecule has 0 unspecified atom stereocenters. The Morgan fingerprint density at radius 3 is 2.63 bits per heavy atom. The van der Waals surface area contributed by atoms with Gasteiger partial charge in [-0.3, -0.25) is 4.90 Å². The number of thioether (sulfide) groups is 1. The summed E-state index contributed by atoms with van der Waals surface area (Å²) in [7, 11) is 0. The van der Waals surface area contributed by atoms with E-state index in [-0.39, 0.29) is 28.9 Å². The van der Waals surface area contributed by atoms with Gasteiger partial charge in [0.2, 0.25) is 0 Å². The second kappa shape index (κ2) is 10.2. The third-order valence-corrected chi connectivity index (χ3v) is 8.09. The first-order valence-electron chi connectivity index (χ1n) is 11.9. The standard InChI is InChI=1S/C29H29NO4S/c1-3-25-19(2)13-14-30(25)15-16-33-24-10-7-20(8-11-24)28-29(21-5-4-6-22(31)17-21)35-27-18-23(32)9-12-26(27)34-28/h1,4-12,17-19,25,28-29,31-32H,13-16H2,2H3/t19-,25+,28+,29-/m1/s1. The molecule has 1 fully saturated rings. The summed E-state index contributed by atoms with van der Waals surface area (Å²) in [6.45, 7) is 4.63. The van der Waals surface area contributed by atoms with E-state index in [0.717, 1.165) is 47.0 Å². The van der Waals surface area contributed by atoms with E-state index < -0.39 is 0 Å². The van der Waals surface area contributed by atoms with Crippen LogP contribution in [0, 0.1) is 18.3 Å². The maximum atomic E-state index is 10.1. The van der Waals surface area contributed by atoms with Crippen molar-refractivity contribution in [3.8, 4) is 35.3 Å². The van der Waals surface area contributed by atoms with Crippen LogP contribution < -0.4 is 9.47 Å². The van der Waals surface area contributed by atoms with Gasteiger partial charge >= 0.3 is 0 Å². The molecule has 2 aliphatic heterocycles. The third-order valence-electron chi connectivity index (χ3n) is 6.74. The topological polar surface area (TPSA) is 62.2 Å². The number of hydrogen-bond acceptors (Lipinski definition) is 6. The van der Waals surface area contributed by atoms with Gasteiger partial charge in [0.15, 0.2) is 0 Å². The Kier molecular flexibility index (Phi) is 6.81. The average molecular weight is 488 g/mol. The molecule has 3 aromatic carbocycles. The van der Waals surface area contributed by atoms with Crippen LogP contribution in [0.25, 0.3) is 0 Å². The van der Waals surface area contributed by atoms with Gasteiger partial charge in [0.25, 0.3) is 0 Å². The van der Waals surface area contributed by atoms with Crippen molar-refractivity contribution in [1.29, 1.82) is 0 Å². The van der Waals surface area contributed by atoms with Gasteiger partial charge in [0.1, 0.15) is 35.7 Å². The van der Waals surface area contributed by atoms with Crippen LogP contribution in [0.1, 0.15) is 35.8 Å². The fraction of sp³-hybridized carbons (Fsp3) is 0.310. The van der Waals surface area contributed by atoms with Gasteiger partial charge < -0.3 is 19.7 Å². The summed E-state index contributed by atoms with van der Waals surface area (Å²) < 4.78 is 12.4. The number of ether oxygens (including phenoxy) is 2. The Bertz CT molecular complexity index is 1220. The highest BCUT2D eigenvalue weighted by atomic mass is 32.2. The van der Waals surface area contributed by atoms with Crippen molar-refractivity contribution in [3.05, 3.63) is 77.9 Å². The van der Waals surface area contributed by atoms with Gasteiger partial charge in [-0.05, 0) is 72.5 Å². The summed E-state index contributed by atoms with van der Waals surface area (Å²) in [6, 6.07) is 20.6. The molecule has 4 atom stereocenters. The number of nitrogens with zero attached hydrogens (tertiary/aromatic N) is 1. The van der Waals surface area contributed by atoms with Gasteiger partial charge in [-0.1, -0.05) is 37.1 Å². The SMILES string of the molecule is C#C[C@H]1[C@H](C)CCN1CCOc1ccc([C@@H]2Oc3ccc(O)cc3S[C@@H]2c2cccc(O)c2)cc1. The van der Waals surface area contributed by atoms with E-state index in [1.807, 2.05) is 36.4 Å². The first-order valence-corrected chi connectivity index (χ1v) is 12.8. The molecule has 35 heavy (non-hydrogen) atoms. The van der Waals surface area contributed by atoms with Crippen LogP contribution in [0.5, 0.6) is 23.0 Å². The molecular formula is C29H29NO4S. The molecule has 0 amide bonds. The fourth-order valence-corrected chi connectivity index (χ4v) is 6.17. The molecule has 180 valence electrons. The molecule has 3 aromatic rings. The molecular weight excluding hydrogens is 458 g/mol. The number of fused-ring (bicyclic) bond motifs is 1. The van der Waals surface area contributed by atoms with Gasteiger partial charge in [-0.15, -0.1) is 18.2 Å². The number of benzene rings is 3. The van der Waals surface area contributed by atoms with Crippen molar-refractivity contribution < 1.29 is 19.7 Å². The number of phenolic OH excluding ortho intramolecular Hbond substituents is 2. The maximum absolute atomic E-state index is 10.1. The van der Waals surface area contributed by atoms with Crippen molar-refractivity contribution in [1.82, 2.24) is 4.90 Å². The molecule has 2 N–H and O–H groups in total. The van der Waals surface area contributed by atoms with Gasteiger partial charge in [-0.25, -0.2) is 0 Å². The van der Waals surface area contributed by atoms with Crippen LogP contribution in [-0.2, 0) is 0 Å². The Labute approximate surface area is 210 Å². The molecule has 0 aromatic heterocycles. The van der Waals surface area contributed by atoms with Crippen molar-refractivity contribution in [2.24, 2.45) is 5.92 Å². The third kappa shape index (κ3) is 5.07. The number of likely N-dealkylation sites (tertiary alicyclic amines) is 1. The monoisotopic (exact) mass is 487 g/mol. The minimum Gasteiger partial charge on any atom is -0.508 e. The Balaban J connectivity index is 1.31. The Morgan fingerprint density at radius 1 is 1.06 bits per heavy atom. The van der Waals surface area contributed by atoms with Crippen LogP contribution in [0.2, 0.25) is 0 Å². The van der Waals surface area contributed by atoms with Crippen molar-refractivity contribution in [2.45, 2.75) is 35.6 Å². The van der Waals surface area contributed by atoms with Crippen LogP contribution in [-0.4, -0.2) is 40.9 Å². The first-order chi connectivity index (χ1) is 17.0. The summed E-state index contributed by atoms with van der Waals surface area (Å²) in [5, 5.41) is 19.9. The largest absolute Gasteiger partial charge is 0.508 e. The number of hydrogen-bond donors (Lipinski definition) is 2. The molecule has 5 rings (SSSR count). The van der Waals surface area contributed by atoms with E-state index in [0.29, 0.717) is 12.5 Å². The smallest absolute Gasteiger partial charge is 0.140 e. The summed E-state index contributed by atoms with van der Waals surface area (Å²) >= 11 is 1.62. The number of rotatable bonds is 6. The minimum absolute atomic E-state index is 0.0963. The molecule has 0 aliphatic carbocycles. The van der Waals surface area contributed by atoms with Crippen LogP contribution >= 0.6 is 11.8 Å². The number of phenols is 2. The zero-order chi connectivity index (χ0) is 24.4. The van der Waals surface area contributed by atoms with E-state index >= 15 is 0 Å². The molecule has 0 bridgehead atoms. The Morgan fingerprint density at radius 2 is 1.86 bits per heavy atom. The zero-order valence-corrected chi connectivity index (χ0v) is 20.4. The average Bonchev–Trinajstić information content (AvgIpc) is 3.22. The van der Waals surface area contributed by atoms with Gasteiger partial charge in [-0.2, -0.15) is 0 Å². The van der Waals surface area contributed by atoms with Crippen molar-refractivity contribution >= 4 is 11.8 Å². The van der Waals surface area contributed by atoms with Crippen LogP contribution in [0.3, 0.4) is 0 Å². The highest BCUT2D eigenvalue weighted by Crippen LogP contribution is 2.54. The lowest BCUT2D eigenvalue weighted by Gasteiger charge is -2.34. The molecule has 0 radical (unpaired) electrons. The van der Waals surface area contributed by atoms with Crippen molar-refractivity contribution in [3.63, 3.8) is 0 Å². The summed E-state index contributed by atoms with van der Waals surface area (Å²) in [5.41, 5.74) is 1.97. The molecule has 6 heteroatoms. The van der Waals surface area contributed by atoms with Crippen molar-refractivity contribution in [2.75, 3.05) is 19.7 Å². The minimum atomic E-state index is -0.268. The number of terminal acetylenes is 1. The van der Waals surface area contributed by atoms with E-state index in [2.05, 4.69) is 17.7 Å². The lowest BCUT2D eigenvalue weighted by molar-refractivity contribution is 0.190. The highest BCUT2D eigenvalue weighted by molar-refractivity contribution is 7.99. The predicted molar refractivity (Wildman–Crippen MR) is 138 cm³/mol. The lowest BCUT2D eigenvalue weighted by atomic mass is 10.00. The fourth-order valence-electron chi connectivity index (χ4n) is 4.85.